The van der Waals surface area contributed by atoms with Gasteiger partial charge in [-0.3, -0.25) is 19.2 Å². The molecule has 2 aliphatic heterocycles. The molecule has 5 aromatic carbocycles. The van der Waals surface area contributed by atoms with Crippen molar-refractivity contribution in [2.45, 2.75) is 65.3 Å². The third kappa shape index (κ3) is 13.5. The highest BCUT2D eigenvalue weighted by atomic mass is 35.5. The predicted octanol–water partition coefficient (Wildman–Crippen LogP) is 8.74. The van der Waals surface area contributed by atoms with Crippen LogP contribution in [-0.4, -0.2) is 143 Å². The summed E-state index contributed by atoms with van der Waals surface area (Å²) in [5.74, 6) is -1.21. The second-order valence-electron chi connectivity index (χ2n) is 21.1. The zero-order chi connectivity index (χ0) is 57.5. The standard InChI is InChI=1S/C60H65ClFN9O9S/c1-7-50(75)69-20-22-70(23-21-69)56-46-31-47(61)51(45-29-41(72)28-39-10-8-9-11-44(39)45)52(62)53(46)67-59(68-56)65-40-16-18-43(19-17-40)80-27-26-78-24-25-79-33-49(74)66-55(60(4,5)6)58(77)71-32-42(73)30-48(71)57(76)64-35(2)37-12-14-38(15-13-37)54-36(3)63-34-81-54/h7-19,28-29,31,34-35,42,48,55,72-73H,1,20-27,30,32-33H2,2-6H3,(H,64,76)(H,66,74)(H,65,67,68)/t35-,42+,48-,55+/m0/s1. The zero-order valence-electron chi connectivity index (χ0n) is 45.7. The lowest BCUT2D eigenvalue weighted by molar-refractivity contribution is -0.144. The van der Waals surface area contributed by atoms with Crippen molar-refractivity contribution < 1.29 is 48.0 Å². The molecule has 4 heterocycles. The van der Waals surface area contributed by atoms with Crippen LogP contribution in [-0.2, 0) is 28.7 Å². The Kier molecular flexibility index (Phi) is 18.1. The first-order valence-corrected chi connectivity index (χ1v) is 27.9. The van der Waals surface area contributed by atoms with Crippen LogP contribution in [0, 0.1) is 18.2 Å². The fourth-order valence-corrected chi connectivity index (χ4v) is 11.2. The molecule has 4 amide bonds. The molecule has 9 rings (SSSR count). The first-order chi connectivity index (χ1) is 38.9. The number of thiazole rings is 1. The van der Waals surface area contributed by atoms with Gasteiger partial charge in [-0.05, 0) is 95.3 Å². The smallest absolute Gasteiger partial charge is 0.246 e. The van der Waals surface area contributed by atoms with E-state index in [0.29, 0.717) is 65.2 Å². The number of phenolic OH excluding ortho intramolecular Hbond substituents is 1. The molecule has 0 saturated carbocycles. The van der Waals surface area contributed by atoms with Gasteiger partial charge in [0.2, 0.25) is 29.6 Å². The highest BCUT2D eigenvalue weighted by Gasteiger charge is 2.45. The van der Waals surface area contributed by atoms with Crippen LogP contribution >= 0.6 is 22.9 Å². The highest BCUT2D eigenvalue weighted by Crippen LogP contribution is 2.43. The Hall–Kier alpha value is -7.75. The number of likely N-dealkylation sites (tertiary alicyclic amines) is 1. The van der Waals surface area contributed by atoms with Crippen LogP contribution in [0.1, 0.15) is 51.4 Å². The topological polar surface area (TPSA) is 221 Å². The van der Waals surface area contributed by atoms with Crippen LogP contribution in [0.3, 0.4) is 0 Å². The monoisotopic (exact) mass is 1140 g/mol. The SMILES string of the molecule is C=CC(=O)N1CCN(c2nc(Nc3ccc(OCCOCCOCC(=O)N[C@H](C(=O)N4C[C@H](O)C[C@H]4C(=O)N[C@@H](C)c4ccc(-c5scnc5C)cc4)C(C)(C)C)cc3)nc3c(F)c(-c4cc(O)cc5ccccc45)c(Cl)cc23)CC1. The summed E-state index contributed by atoms with van der Waals surface area (Å²) in [6.07, 6.45) is 0.434. The number of carbonyl (C=O) groups excluding carboxylic acids is 4. The molecule has 4 atom stereocenters. The zero-order valence-corrected chi connectivity index (χ0v) is 47.3. The molecule has 18 nitrogen and oxygen atoms in total. The molecule has 81 heavy (non-hydrogen) atoms. The number of fused-ring (bicyclic) bond motifs is 2. The van der Waals surface area contributed by atoms with Crippen molar-refractivity contribution in [2.24, 2.45) is 5.41 Å². The van der Waals surface area contributed by atoms with E-state index in [1.54, 1.807) is 58.1 Å². The molecule has 7 aromatic rings. The Balaban J connectivity index is 0.755. The number of β-amino-alcohol motifs (C(OH)–C–C–N with tert-alkyl or cyclic N) is 1. The first kappa shape index (κ1) is 57.9. The van der Waals surface area contributed by atoms with Gasteiger partial charge >= 0.3 is 0 Å². The van der Waals surface area contributed by atoms with Crippen LogP contribution in [0.25, 0.3) is 43.2 Å². The van der Waals surface area contributed by atoms with Crippen LogP contribution in [0.5, 0.6) is 11.5 Å². The number of carbonyl (C=O) groups is 4. The van der Waals surface area contributed by atoms with Gasteiger partial charge in [-0.15, -0.1) is 11.3 Å². The number of ether oxygens (including phenoxy) is 3. The highest BCUT2D eigenvalue weighted by molar-refractivity contribution is 7.13. The fraction of sp³-hybridized carbons (Fsp3) is 0.350. The number of aliphatic hydroxyl groups is 1. The fourth-order valence-electron chi connectivity index (χ4n) is 10.1. The number of hydrogen-bond donors (Lipinski definition) is 5. The van der Waals surface area contributed by atoms with Gasteiger partial charge in [0.05, 0.1) is 53.1 Å². The minimum Gasteiger partial charge on any atom is -0.508 e. The summed E-state index contributed by atoms with van der Waals surface area (Å²) < 4.78 is 34.3. The summed E-state index contributed by atoms with van der Waals surface area (Å²) in [4.78, 5) is 73.4. The van der Waals surface area contributed by atoms with E-state index in [0.717, 1.165) is 21.7 Å². The third-order valence-electron chi connectivity index (χ3n) is 14.3. The van der Waals surface area contributed by atoms with Gasteiger partial charge in [0.1, 0.15) is 48.1 Å². The molecule has 2 fully saturated rings. The summed E-state index contributed by atoms with van der Waals surface area (Å²) >= 11 is 8.47. The Bertz CT molecular complexity index is 3440. The number of nitrogens with one attached hydrogen (secondary N) is 3. The number of anilines is 3. The van der Waals surface area contributed by atoms with E-state index in [1.165, 1.54) is 17.0 Å². The summed E-state index contributed by atoms with van der Waals surface area (Å²) in [5.41, 5.74) is 5.01. The lowest BCUT2D eigenvalue weighted by Crippen LogP contribution is -2.58. The van der Waals surface area contributed by atoms with Crippen molar-refractivity contribution in [3.05, 3.63) is 131 Å². The molecule has 5 N–H and O–H groups in total. The second kappa shape index (κ2) is 25.4. The van der Waals surface area contributed by atoms with E-state index in [2.05, 4.69) is 32.5 Å². The molecular weight excluding hydrogens is 1080 g/mol. The number of amides is 4. The van der Waals surface area contributed by atoms with Gasteiger partial charge in [0.25, 0.3) is 0 Å². The van der Waals surface area contributed by atoms with Crippen molar-refractivity contribution in [1.29, 1.82) is 0 Å². The summed E-state index contributed by atoms with van der Waals surface area (Å²) in [6.45, 7) is 14.8. The minimum absolute atomic E-state index is 0.0120. The molecule has 0 spiro atoms. The maximum Gasteiger partial charge on any atom is 0.246 e. The maximum atomic E-state index is 17.1. The Morgan fingerprint density at radius 3 is 2.33 bits per heavy atom. The van der Waals surface area contributed by atoms with Crippen molar-refractivity contribution in [3.8, 4) is 33.1 Å². The second-order valence-corrected chi connectivity index (χ2v) is 22.4. The van der Waals surface area contributed by atoms with E-state index in [-0.39, 0.29) is 85.7 Å². The number of benzene rings is 5. The maximum absolute atomic E-state index is 17.1. The Morgan fingerprint density at radius 1 is 0.914 bits per heavy atom. The number of aryl methyl sites for hydroxylation is 1. The quantitative estimate of drug-likeness (QED) is 0.0356. The van der Waals surface area contributed by atoms with Crippen molar-refractivity contribution >= 4 is 85.7 Å². The molecule has 21 heteroatoms. The van der Waals surface area contributed by atoms with Crippen molar-refractivity contribution in [1.82, 2.24) is 35.4 Å². The molecule has 0 unspecified atom stereocenters. The van der Waals surface area contributed by atoms with E-state index in [4.69, 9.17) is 30.8 Å². The number of halogens is 2. The van der Waals surface area contributed by atoms with E-state index >= 15 is 4.39 Å². The Morgan fingerprint density at radius 2 is 1.63 bits per heavy atom. The molecule has 0 bridgehead atoms. The van der Waals surface area contributed by atoms with Crippen LogP contribution < -0.4 is 25.6 Å². The average Bonchev–Trinajstić information content (AvgIpc) is 4.09. The number of aromatic nitrogens is 3. The minimum atomic E-state index is -1.01. The lowest BCUT2D eigenvalue weighted by atomic mass is 9.85. The lowest BCUT2D eigenvalue weighted by Gasteiger charge is -2.35. The molecule has 2 saturated heterocycles. The third-order valence-corrected chi connectivity index (χ3v) is 15.6. The van der Waals surface area contributed by atoms with E-state index in [9.17, 15) is 29.4 Å². The van der Waals surface area contributed by atoms with Crippen molar-refractivity contribution in [3.63, 3.8) is 0 Å². The molecule has 424 valence electrons. The number of piperazine rings is 1. The van der Waals surface area contributed by atoms with E-state index < -0.39 is 47.1 Å². The average molecular weight is 1140 g/mol. The van der Waals surface area contributed by atoms with Crippen LogP contribution in [0.15, 0.2) is 109 Å². The van der Waals surface area contributed by atoms with Gasteiger partial charge in [-0.2, -0.15) is 4.98 Å². The number of aliphatic hydroxyl groups excluding tert-OH is 1. The predicted molar refractivity (Wildman–Crippen MR) is 311 cm³/mol. The number of nitrogens with zero attached hydrogens (tertiary/aromatic N) is 6. The summed E-state index contributed by atoms with van der Waals surface area (Å²) in [6, 6.07) is 24.6. The molecule has 2 aliphatic rings. The normalized spacial score (nSPS) is 16.3. The van der Waals surface area contributed by atoms with Crippen LogP contribution in [0.4, 0.5) is 21.8 Å². The molecule has 2 aromatic heterocycles. The number of hydrogen-bond acceptors (Lipinski definition) is 15. The van der Waals surface area contributed by atoms with Gasteiger partial charge in [-0.25, -0.2) is 14.4 Å². The molecular formula is C60H65ClFN9O9S. The van der Waals surface area contributed by atoms with Crippen LogP contribution in [0.2, 0.25) is 5.02 Å². The number of phenols is 1. The van der Waals surface area contributed by atoms with E-state index in [1.807, 2.05) is 88.0 Å². The largest absolute Gasteiger partial charge is 0.508 e. The number of rotatable bonds is 20. The van der Waals surface area contributed by atoms with Gasteiger partial charge in [-0.1, -0.05) is 87.5 Å². The number of aromatic hydroxyl groups is 1. The van der Waals surface area contributed by atoms with Gasteiger partial charge < -0.3 is 55.1 Å². The van der Waals surface area contributed by atoms with Gasteiger partial charge in [0.15, 0.2) is 5.82 Å². The summed E-state index contributed by atoms with van der Waals surface area (Å²) in [7, 11) is 0. The molecule has 0 aliphatic carbocycles. The summed E-state index contributed by atoms with van der Waals surface area (Å²) in [5, 5.41) is 32.3. The van der Waals surface area contributed by atoms with Gasteiger partial charge in [0, 0.05) is 55.8 Å². The first-order valence-electron chi connectivity index (χ1n) is 26.7. The molecule has 0 radical (unpaired) electrons. The van der Waals surface area contributed by atoms with Crippen molar-refractivity contribution in [2.75, 3.05) is 76.0 Å². The Labute approximate surface area is 477 Å².